The zero-order valence-corrected chi connectivity index (χ0v) is 9.22. The van der Waals surface area contributed by atoms with Gasteiger partial charge in [-0.15, -0.1) is 0 Å². The van der Waals surface area contributed by atoms with E-state index in [1.165, 1.54) is 0 Å². The fraction of sp³-hybridized carbons (Fsp3) is 0.308. The van der Waals surface area contributed by atoms with Crippen LogP contribution in [-0.4, -0.2) is 5.78 Å². The van der Waals surface area contributed by atoms with Crippen molar-refractivity contribution in [1.29, 1.82) is 0 Å². The number of aryl methyl sites for hydroxylation is 1. The third kappa shape index (κ3) is 2.32. The van der Waals surface area contributed by atoms with E-state index in [-0.39, 0.29) is 5.78 Å². The van der Waals surface area contributed by atoms with Crippen molar-refractivity contribution in [2.45, 2.75) is 27.7 Å². The van der Waals surface area contributed by atoms with Crippen molar-refractivity contribution in [3.63, 3.8) is 0 Å². The first kappa shape index (κ1) is 10.7. The Hall–Kier alpha value is -1.37. The number of allylic oxidation sites excluding steroid dienone is 2. The Bertz CT molecular complexity index is 382. The van der Waals surface area contributed by atoms with Gasteiger partial charge in [-0.1, -0.05) is 23.8 Å². The lowest BCUT2D eigenvalue weighted by atomic mass is 9.99. The Morgan fingerprint density at radius 1 is 1.21 bits per heavy atom. The van der Waals surface area contributed by atoms with Gasteiger partial charge >= 0.3 is 0 Å². The van der Waals surface area contributed by atoms with Gasteiger partial charge in [-0.2, -0.15) is 0 Å². The molecule has 0 radical (unpaired) electrons. The Balaban J connectivity index is 3.14. The van der Waals surface area contributed by atoms with Crippen LogP contribution in [0.4, 0.5) is 0 Å². The lowest BCUT2D eigenvalue weighted by Gasteiger charge is -2.04. The van der Waals surface area contributed by atoms with Gasteiger partial charge in [-0.05, 0) is 44.9 Å². The molecule has 0 aliphatic carbocycles. The average Bonchev–Trinajstić information content (AvgIpc) is 2.08. The van der Waals surface area contributed by atoms with Crippen molar-refractivity contribution >= 4 is 5.78 Å². The number of carbonyl (C=O) groups excluding carboxylic acids is 1. The smallest absolute Gasteiger partial charge is 0.186 e. The highest BCUT2D eigenvalue weighted by molar-refractivity contribution is 6.06. The first-order valence-electron chi connectivity index (χ1n) is 4.78. The van der Waals surface area contributed by atoms with Crippen molar-refractivity contribution in [3.8, 4) is 0 Å². The summed E-state index contributed by atoms with van der Waals surface area (Å²) in [4.78, 5) is 11.8. The first-order chi connectivity index (χ1) is 6.52. The molecule has 0 bridgehead atoms. The molecule has 0 saturated heterocycles. The van der Waals surface area contributed by atoms with Crippen LogP contribution in [0, 0.1) is 13.8 Å². The summed E-state index contributed by atoms with van der Waals surface area (Å²) < 4.78 is 0. The van der Waals surface area contributed by atoms with Crippen LogP contribution >= 0.6 is 0 Å². The molecule has 1 nitrogen and oxygen atoms in total. The van der Waals surface area contributed by atoms with Crippen molar-refractivity contribution < 1.29 is 4.79 Å². The molecule has 0 spiro atoms. The summed E-state index contributed by atoms with van der Waals surface area (Å²) in [5.41, 5.74) is 4.09. The predicted molar refractivity (Wildman–Crippen MR) is 59.7 cm³/mol. The third-order valence-electron chi connectivity index (χ3n) is 2.29. The minimum Gasteiger partial charge on any atom is -0.289 e. The van der Waals surface area contributed by atoms with Gasteiger partial charge < -0.3 is 0 Å². The van der Waals surface area contributed by atoms with E-state index in [0.717, 1.165) is 22.3 Å². The molecule has 1 aromatic carbocycles. The van der Waals surface area contributed by atoms with Crippen LogP contribution in [-0.2, 0) is 0 Å². The fourth-order valence-electron chi connectivity index (χ4n) is 1.36. The Labute approximate surface area is 85.5 Å². The maximum atomic E-state index is 11.8. The molecule has 0 aromatic heterocycles. The molecule has 0 saturated carbocycles. The summed E-state index contributed by atoms with van der Waals surface area (Å²) >= 11 is 0. The molecule has 0 aliphatic heterocycles. The summed E-state index contributed by atoms with van der Waals surface area (Å²) in [7, 11) is 0. The van der Waals surface area contributed by atoms with Crippen molar-refractivity contribution in [1.82, 2.24) is 0 Å². The largest absolute Gasteiger partial charge is 0.289 e. The summed E-state index contributed by atoms with van der Waals surface area (Å²) in [5.74, 6) is 0.103. The monoisotopic (exact) mass is 188 g/mol. The SMILES string of the molecule is CC(C)=CC(=O)c1cccc(C)c1C. The van der Waals surface area contributed by atoms with E-state index in [1.807, 2.05) is 45.9 Å². The van der Waals surface area contributed by atoms with Crippen LogP contribution < -0.4 is 0 Å². The summed E-state index contributed by atoms with van der Waals surface area (Å²) in [6, 6.07) is 5.83. The lowest BCUT2D eigenvalue weighted by molar-refractivity contribution is 0.104. The number of ketones is 1. The molecule has 74 valence electrons. The van der Waals surface area contributed by atoms with Gasteiger partial charge in [0, 0.05) is 5.56 Å². The lowest BCUT2D eigenvalue weighted by Crippen LogP contribution is -1.99. The van der Waals surface area contributed by atoms with Crippen LogP contribution in [0.2, 0.25) is 0 Å². The summed E-state index contributed by atoms with van der Waals surface area (Å²) in [5, 5.41) is 0. The van der Waals surface area contributed by atoms with Crippen LogP contribution in [0.25, 0.3) is 0 Å². The highest BCUT2D eigenvalue weighted by Crippen LogP contribution is 2.14. The molecule has 0 fully saturated rings. The Morgan fingerprint density at radius 3 is 2.43 bits per heavy atom. The topological polar surface area (TPSA) is 17.1 Å². The van der Waals surface area contributed by atoms with E-state index in [9.17, 15) is 4.79 Å². The molecule has 0 unspecified atom stereocenters. The van der Waals surface area contributed by atoms with E-state index < -0.39 is 0 Å². The highest BCUT2D eigenvalue weighted by Gasteiger charge is 2.06. The molecule has 1 rings (SSSR count). The zero-order valence-electron chi connectivity index (χ0n) is 9.22. The van der Waals surface area contributed by atoms with Crippen LogP contribution in [0.15, 0.2) is 29.8 Å². The van der Waals surface area contributed by atoms with E-state index >= 15 is 0 Å². The van der Waals surface area contributed by atoms with Crippen molar-refractivity contribution in [2.75, 3.05) is 0 Å². The molecular formula is C13H16O. The number of rotatable bonds is 2. The molecule has 0 N–H and O–H groups in total. The van der Waals surface area contributed by atoms with Crippen LogP contribution in [0.3, 0.4) is 0 Å². The van der Waals surface area contributed by atoms with Gasteiger partial charge in [0.25, 0.3) is 0 Å². The van der Waals surface area contributed by atoms with Crippen LogP contribution in [0.5, 0.6) is 0 Å². The van der Waals surface area contributed by atoms with E-state index in [2.05, 4.69) is 0 Å². The van der Waals surface area contributed by atoms with Crippen LogP contribution in [0.1, 0.15) is 35.3 Å². The summed E-state index contributed by atoms with van der Waals surface area (Å²) in [6.07, 6.45) is 1.68. The van der Waals surface area contributed by atoms with Gasteiger partial charge in [0.15, 0.2) is 5.78 Å². The van der Waals surface area contributed by atoms with E-state index in [4.69, 9.17) is 0 Å². The van der Waals surface area contributed by atoms with E-state index in [0.29, 0.717) is 0 Å². The number of hydrogen-bond acceptors (Lipinski definition) is 1. The maximum Gasteiger partial charge on any atom is 0.186 e. The minimum absolute atomic E-state index is 0.103. The minimum atomic E-state index is 0.103. The molecule has 0 amide bonds. The second-order valence-corrected chi connectivity index (χ2v) is 3.83. The number of carbonyl (C=O) groups is 1. The second-order valence-electron chi connectivity index (χ2n) is 3.83. The Kier molecular flexibility index (Phi) is 3.23. The van der Waals surface area contributed by atoms with Crippen molar-refractivity contribution in [2.24, 2.45) is 0 Å². The van der Waals surface area contributed by atoms with Crippen molar-refractivity contribution in [3.05, 3.63) is 46.5 Å². The van der Waals surface area contributed by atoms with E-state index in [1.54, 1.807) is 6.08 Å². The Morgan fingerprint density at radius 2 is 1.86 bits per heavy atom. The molecule has 0 atom stereocenters. The second kappa shape index (κ2) is 4.23. The highest BCUT2D eigenvalue weighted by atomic mass is 16.1. The molecule has 14 heavy (non-hydrogen) atoms. The first-order valence-corrected chi connectivity index (χ1v) is 4.78. The average molecular weight is 188 g/mol. The molecule has 1 aromatic rings. The fourth-order valence-corrected chi connectivity index (χ4v) is 1.36. The molecular weight excluding hydrogens is 172 g/mol. The zero-order chi connectivity index (χ0) is 10.7. The predicted octanol–water partition coefficient (Wildman–Crippen LogP) is 3.45. The maximum absolute atomic E-state index is 11.8. The van der Waals surface area contributed by atoms with Gasteiger partial charge in [0.1, 0.15) is 0 Å². The van der Waals surface area contributed by atoms with Gasteiger partial charge in [-0.25, -0.2) is 0 Å². The number of benzene rings is 1. The summed E-state index contributed by atoms with van der Waals surface area (Å²) in [6.45, 7) is 7.88. The standard InChI is InChI=1S/C13H16O/c1-9(2)8-13(14)12-7-5-6-10(3)11(12)4/h5-8H,1-4H3. The quantitative estimate of drug-likeness (QED) is 0.513. The normalized spacial score (nSPS) is 9.71. The third-order valence-corrected chi connectivity index (χ3v) is 2.29. The van der Waals surface area contributed by atoms with Gasteiger partial charge in [0.2, 0.25) is 0 Å². The molecule has 0 heterocycles. The molecule has 0 aliphatic rings. The number of hydrogen-bond donors (Lipinski definition) is 0. The molecule has 1 heteroatoms. The van der Waals surface area contributed by atoms with Gasteiger partial charge in [-0.3, -0.25) is 4.79 Å². The van der Waals surface area contributed by atoms with Gasteiger partial charge in [0.05, 0.1) is 0 Å².